The molecule has 0 spiro atoms. The van der Waals surface area contributed by atoms with Crippen LogP contribution in [0.2, 0.25) is 0 Å². The molecule has 1 aliphatic carbocycles. The minimum Gasteiger partial charge on any atom is -0.481 e. The van der Waals surface area contributed by atoms with E-state index in [0.29, 0.717) is 12.8 Å². The summed E-state index contributed by atoms with van der Waals surface area (Å²) in [6.07, 6.45) is 3.91. The van der Waals surface area contributed by atoms with Gasteiger partial charge in [0.25, 0.3) is 0 Å². The monoisotopic (exact) mass is 289 g/mol. The Morgan fingerprint density at radius 2 is 1.81 bits per heavy atom. The highest BCUT2D eigenvalue weighted by Gasteiger charge is 2.36. The first kappa shape index (κ1) is 15.5. The molecule has 4 heteroatoms. The Morgan fingerprint density at radius 1 is 1.19 bits per heavy atom. The zero-order valence-electron chi connectivity index (χ0n) is 12.4. The maximum absolute atomic E-state index is 12.5. The molecule has 0 bridgehead atoms. The number of benzene rings is 1. The fourth-order valence-electron chi connectivity index (χ4n) is 3.13. The summed E-state index contributed by atoms with van der Waals surface area (Å²) < 4.78 is 0. The van der Waals surface area contributed by atoms with Crippen molar-refractivity contribution in [1.82, 2.24) is 5.32 Å². The molecule has 1 aromatic carbocycles. The van der Waals surface area contributed by atoms with Crippen molar-refractivity contribution in [2.24, 2.45) is 11.8 Å². The summed E-state index contributed by atoms with van der Waals surface area (Å²) in [6, 6.07) is 9.78. The molecule has 1 fully saturated rings. The van der Waals surface area contributed by atoms with Crippen LogP contribution < -0.4 is 5.32 Å². The molecule has 0 aromatic heterocycles. The number of nitrogens with one attached hydrogen (secondary N) is 1. The fraction of sp³-hybridized carbons (Fsp3) is 0.529. The van der Waals surface area contributed by atoms with E-state index in [1.54, 1.807) is 0 Å². The third-order valence-corrected chi connectivity index (χ3v) is 4.35. The van der Waals surface area contributed by atoms with Gasteiger partial charge >= 0.3 is 5.97 Å². The number of carboxylic acids is 1. The van der Waals surface area contributed by atoms with Crippen LogP contribution in [0.1, 0.15) is 50.6 Å². The molecular formula is C17H23NO3. The van der Waals surface area contributed by atoms with Gasteiger partial charge in [0.05, 0.1) is 17.9 Å². The lowest BCUT2D eigenvalue weighted by Gasteiger charge is -2.29. The number of carbonyl (C=O) groups is 2. The Kier molecular flexibility index (Phi) is 5.37. The van der Waals surface area contributed by atoms with Crippen LogP contribution in [0.25, 0.3) is 0 Å². The van der Waals surface area contributed by atoms with Crippen molar-refractivity contribution in [2.75, 3.05) is 0 Å². The smallest absolute Gasteiger partial charge is 0.307 e. The molecule has 2 rings (SSSR count). The van der Waals surface area contributed by atoms with Crippen LogP contribution in [0.5, 0.6) is 0 Å². The molecule has 114 valence electrons. The van der Waals surface area contributed by atoms with Gasteiger partial charge in [-0.15, -0.1) is 0 Å². The quantitative estimate of drug-likeness (QED) is 0.875. The van der Waals surface area contributed by atoms with Crippen LogP contribution in [-0.2, 0) is 9.59 Å². The summed E-state index contributed by atoms with van der Waals surface area (Å²) >= 11 is 0. The zero-order chi connectivity index (χ0) is 15.2. The lowest BCUT2D eigenvalue weighted by atomic mass is 9.78. The third kappa shape index (κ3) is 3.84. The highest BCUT2D eigenvalue weighted by Crippen LogP contribution is 2.31. The van der Waals surface area contributed by atoms with Crippen LogP contribution in [0.4, 0.5) is 0 Å². The summed E-state index contributed by atoms with van der Waals surface area (Å²) in [6.45, 7) is 2.02. The maximum atomic E-state index is 12.5. The van der Waals surface area contributed by atoms with Crippen LogP contribution >= 0.6 is 0 Å². The van der Waals surface area contributed by atoms with Crippen LogP contribution in [0, 0.1) is 11.8 Å². The lowest BCUT2D eigenvalue weighted by molar-refractivity contribution is -0.149. The topological polar surface area (TPSA) is 66.4 Å². The Labute approximate surface area is 125 Å². The van der Waals surface area contributed by atoms with E-state index >= 15 is 0 Å². The fourth-order valence-corrected chi connectivity index (χ4v) is 3.13. The molecule has 0 radical (unpaired) electrons. The van der Waals surface area contributed by atoms with Gasteiger partial charge in [0.2, 0.25) is 5.91 Å². The van der Waals surface area contributed by atoms with E-state index in [9.17, 15) is 14.7 Å². The van der Waals surface area contributed by atoms with E-state index in [-0.39, 0.29) is 11.9 Å². The van der Waals surface area contributed by atoms with Crippen LogP contribution in [-0.4, -0.2) is 17.0 Å². The number of hydrogen-bond acceptors (Lipinski definition) is 2. The van der Waals surface area contributed by atoms with Crippen molar-refractivity contribution in [1.29, 1.82) is 0 Å². The molecule has 4 nitrogen and oxygen atoms in total. The third-order valence-electron chi connectivity index (χ3n) is 4.35. The molecule has 0 heterocycles. The molecule has 21 heavy (non-hydrogen) atoms. The summed E-state index contributed by atoms with van der Waals surface area (Å²) in [4.78, 5) is 23.8. The number of amides is 1. The first-order valence-corrected chi connectivity index (χ1v) is 7.71. The van der Waals surface area contributed by atoms with Gasteiger partial charge in [-0.25, -0.2) is 0 Å². The molecule has 1 saturated carbocycles. The lowest BCUT2D eigenvalue weighted by Crippen LogP contribution is -2.41. The number of carboxylic acid groups (broad SMARTS) is 1. The normalized spacial score (nSPS) is 23.3. The molecular weight excluding hydrogens is 266 g/mol. The predicted octanol–water partition coefficient (Wildman–Crippen LogP) is 3.14. The number of rotatable bonds is 5. The highest BCUT2D eigenvalue weighted by atomic mass is 16.4. The van der Waals surface area contributed by atoms with Gasteiger partial charge in [0.15, 0.2) is 0 Å². The van der Waals surface area contributed by atoms with E-state index in [1.807, 2.05) is 37.3 Å². The van der Waals surface area contributed by atoms with E-state index < -0.39 is 17.8 Å². The van der Waals surface area contributed by atoms with E-state index in [1.165, 1.54) is 0 Å². The molecule has 1 amide bonds. The van der Waals surface area contributed by atoms with Gasteiger partial charge < -0.3 is 10.4 Å². The molecule has 1 aliphatic rings. The average Bonchev–Trinajstić information content (AvgIpc) is 2.53. The zero-order valence-corrected chi connectivity index (χ0v) is 12.4. The van der Waals surface area contributed by atoms with Crippen molar-refractivity contribution < 1.29 is 14.7 Å². The Balaban J connectivity index is 2.06. The summed E-state index contributed by atoms with van der Waals surface area (Å²) in [7, 11) is 0. The first-order valence-electron chi connectivity index (χ1n) is 7.71. The summed E-state index contributed by atoms with van der Waals surface area (Å²) in [5, 5.41) is 12.3. The molecule has 0 saturated heterocycles. The van der Waals surface area contributed by atoms with Crippen molar-refractivity contribution in [2.45, 2.75) is 45.1 Å². The second-order valence-electron chi connectivity index (χ2n) is 5.72. The Morgan fingerprint density at radius 3 is 2.38 bits per heavy atom. The highest BCUT2D eigenvalue weighted by molar-refractivity contribution is 5.85. The average molecular weight is 289 g/mol. The minimum atomic E-state index is -0.845. The van der Waals surface area contributed by atoms with Gasteiger partial charge in [-0.05, 0) is 24.8 Å². The maximum Gasteiger partial charge on any atom is 0.307 e. The van der Waals surface area contributed by atoms with Crippen LogP contribution in [0.3, 0.4) is 0 Å². The SMILES string of the molecule is CCC(NC(=O)C1CCCCC1C(=O)O)c1ccccc1. The molecule has 0 aliphatic heterocycles. The molecule has 2 N–H and O–H groups in total. The first-order chi connectivity index (χ1) is 10.1. The number of aliphatic carboxylic acids is 1. The van der Waals surface area contributed by atoms with Gasteiger partial charge in [-0.1, -0.05) is 50.1 Å². The molecule has 1 aromatic rings. The van der Waals surface area contributed by atoms with E-state index in [2.05, 4.69) is 5.32 Å². The standard InChI is InChI=1S/C17H23NO3/c1-2-15(12-8-4-3-5-9-12)18-16(19)13-10-6-7-11-14(13)17(20)21/h3-5,8-9,13-15H,2,6-7,10-11H2,1H3,(H,18,19)(H,20,21). The molecule has 3 unspecified atom stereocenters. The largest absolute Gasteiger partial charge is 0.481 e. The van der Waals surface area contributed by atoms with Gasteiger partial charge in [-0.2, -0.15) is 0 Å². The minimum absolute atomic E-state index is 0.0462. The Bertz CT molecular complexity index is 486. The van der Waals surface area contributed by atoms with E-state index in [0.717, 1.165) is 24.8 Å². The van der Waals surface area contributed by atoms with Crippen LogP contribution in [0.15, 0.2) is 30.3 Å². The van der Waals surface area contributed by atoms with E-state index in [4.69, 9.17) is 0 Å². The summed E-state index contributed by atoms with van der Waals surface area (Å²) in [5.74, 6) is -1.89. The second-order valence-corrected chi connectivity index (χ2v) is 5.72. The van der Waals surface area contributed by atoms with Crippen molar-refractivity contribution in [3.63, 3.8) is 0 Å². The van der Waals surface area contributed by atoms with Crippen molar-refractivity contribution in [3.05, 3.63) is 35.9 Å². The van der Waals surface area contributed by atoms with Gasteiger partial charge in [-0.3, -0.25) is 9.59 Å². The van der Waals surface area contributed by atoms with Crippen molar-refractivity contribution in [3.8, 4) is 0 Å². The predicted molar refractivity (Wildman–Crippen MR) is 80.7 cm³/mol. The second kappa shape index (κ2) is 7.25. The Hall–Kier alpha value is -1.84. The van der Waals surface area contributed by atoms with Crippen molar-refractivity contribution >= 4 is 11.9 Å². The van der Waals surface area contributed by atoms with Gasteiger partial charge in [0.1, 0.15) is 0 Å². The number of carbonyl (C=O) groups excluding carboxylic acids is 1. The summed E-state index contributed by atoms with van der Waals surface area (Å²) in [5.41, 5.74) is 1.07. The molecule has 3 atom stereocenters. The number of hydrogen-bond donors (Lipinski definition) is 2. The van der Waals surface area contributed by atoms with Gasteiger partial charge in [0, 0.05) is 0 Å².